The average Bonchev–Trinajstić information content (AvgIpc) is 3.37. The smallest absolute Gasteiger partial charge is 0.408 e. The molecule has 1 heterocycles. The Labute approximate surface area is 206 Å². The Morgan fingerprint density at radius 1 is 1.06 bits per heavy atom. The third-order valence-electron chi connectivity index (χ3n) is 5.60. The molecule has 2 rings (SSSR count). The fourth-order valence-electron chi connectivity index (χ4n) is 3.32. The van der Waals surface area contributed by atoms with E-state index in [2.05, 4.69) is 10.6 Å². The van der Waals surface area contributed by atoms with E-state index in [1.54, 1.807) is 6.26 Å². The summed E-state index contributed by atoms with van der Waals surface area (Å²) in [5, 5.41) is 5.59. The van der Waals surface area contributed by atoms with Crippen LogP contribution in [-0.4, -0.2) is 35.6 Å². The van der Waals surface area contributed by atoms with Crippen LogP contribution in [0.4, 0.5) is 4.79 Å². The number of alkyl carbamates (subject to hydrolysis) is 1. The summed E-state index contributed by atoms with van der Waals surface area (Å²) >= 11 is 1.46. The number of hydrogen-bond acceptors (Lipinski definition) is 6. The van der Waals surface area contributed by atoms with Crippen LogP contribution in [0.15, 0.2) is 53.1 Å². The van der Waals surface area contributed by atoms with Crippen molar-refractivity contribution >= 4 is 29.5 Å². The Kier molecular flexibility index (Phi) is 12.3. The minimum atomic E-state index is -0.791. The minimum absolute atomic E-state index is 0.0343. The number of unbranched alkanes of at least 4 members (excludes halogenated alkanes) is 1. The van der Waals surface area contributed by atoms with Crippen LogP contribution >= 0.6 is 11.8 Å². The van der Waals surface area contributed by atoms with Gasteiger partial charge in [0.05, 0.1) is 23.8 Å². The van der Waals surface area contributed by atoms with Gasteiger partial charge in [0, 0.05) is 0 Å². The fourth-order valence-corrected chi connectivity index (χ4v) is 4.19. The van der Waals surface area contributed by atoms with Crippen molar-refractivity contribution in [3.63, 3.8) is 0 Å². The molecule has 34 heavy (non-hydrogen) atoms. The van der Waals surface area contributed by atoms with Gasteiger partial charge in [-0.1, -0.05) is 70.4 Å². The summed E-state index contributed by atoms with van der Waals surface area (Å²) in [6.45, 7) is 6.00. The number of amides is 2. The number of furan rings is 1. The Morgan fingerprint density at radius 3 is 2.47 bits per heavy atom. The van der Waals surface area contributed by atoms with Crippen LogP contribution in [-0.2, 0) is 26.7 Å². The molecule has 3 atom stereocenters. The predicted octanol–water partition coefficient (Wildman–Crippen LogP) is 5.10. The second kappa shape index (κ2) is 15.2. The van der Waals surface area contributed by atoms with E-state index in [0.717, 1.165) is 24.2 Å². The fraction of sp³-hybridized carbons (Fsp3) is 0.500. The van der Waals surface area contributed by atoms with Crippen LogP contribution in [0, 0.1) is 5.92 Å². The van der Waals surface area contributed by atoms with Gasteiger partial charge in [0.25, 0.3) is 0 Å². The first kappa shape index (κ1) is 27.5. The van der Waals surface area contributed by atoms with Crippen molar-refractivity contribution in [2.45, 2.75) is 70.9 Å². The van der Waals surface area contributed by atoms with Crippen LogP contribution < -0.4 is 10.6 Å². The van der Waals surface area contributed by atoms with Gasteiger partial charge in [-0.15, -0.1) is 11.8 Å². The van der Waals surface area contributed by atoms with E-state index in [4.69, 9.17) is 9.15 Å². The van der Waals surface area contributed by atoms with Crippen LogP contribution in [0.2, 0.25) is 0 Å². The lowest BCUT2D eigenvalue weighted by Gasteiger charge is -2.26. The lowest BCUT2D eigenvalue weighted by atomic mass is 9.97. The summed E-state index contributed by atoms with van der Waals surface area (Å²) in [5.74, 6) is 1.15. The summed E-state index contributed by atoms with van der Waals surface area (Å²) in [6, 6.07) is 11.6. The van der Waals surface area contributed by atoms with Crippen molar-refractivity contribution in [3.05, 3.63) is 60.1 Å². The summed E-state index contributed by atoms with van der Waals surface area (Å²) in [7, 11) is 0. The van der Waals surface area contributed by atoms with Crippen molar-refractivity contribution < 1.29 is 23.5 Å². The number of thioether (sulfide) groups is 1. The van der Waals surface area contributed by atoms with E-state index in [1.807, 2.05) is 63.2 Å². The number of carbonyl (C=O) groups is 3. The number of rotatable bonds is 15. The van der Waals surface area contributed by atoms with Gasteiger partial charge in [-0.2, -0.15) is 0 Å². The van der Waals surface area contributed by atoms with Gasteiger partial charge in [0.1, 0.15) is 18.4 Å². The second-order valence-electron chi connectivity index (χ2n) is 8.31. The van der Waals surface area contributed by atoms with E-state index in [-0.39, 0.29) is 30.0 Å². The molecule has 186 valence electrons. The summed E-state index contributed by atoms with van der Waals surface area (Å²) in [5.41, 5.74) is 0.861. The van der Waals surface area contributed by atoms with E-state index < -0.39 is 18.2 Å². The topological polar surface area (TPSA) is 97.6 Å². The lowest BCUT2D eigenvalue weighted by molar-refractivity contribution is -0.129. The highest BCUT2D eigenvalue weighted by Crippen LogP contribution is 2.15. The zero-order valence-corrected chi connectivity index (χ0v) is 21.1. The van der Waals surface area contributed by atoms with Gasteiger partial charge >= 0.3 is 6.09 Å². The average molecular weight is 489 g/mol. The third kappa shape index (κ3) is 9.63. The normalized spacial score (nSPS) is 13.5. The van der Waals surface area contributed by atoms with Crippen LogP contribution in [0.5, 0.6) is 0 Å². The zero-order valence-electron chi connectivity index (χ0n) is 20.3. The first-order valence-electron chi connectivity index (χ1n) is 11.8. The molecule has 8 heteroatoms. The predicted molar refractivity (Wildman–Crippen MR) is 134 cm³/mol. The molecule has 0 saturated heterocycles. The molecule has 2 N–H and O–H groups in total. The Hall–Kier alpha value is -2.74. The molecule has 2 amide bonds. The number of Topliss-reactive ketones (excluding diaryl/α,β-unsaturated/α-hetero) is 1. The van der Waals surface area contributed by atoms with E-state index in [9.17, 15) is 14.4 Å². The highest BCUT2D eigenvalue weighted by molar-refractivity contribution is 7.99. The highest BCUT2D eigenvalue weighted by Gasteiger charge is 2.30. The minimum Gasteiger partial charge on any atom is -0.468 e. The van der Waals surface area contributed by atoms with Crippen LogP contribution in [0.1, 0.15) is 57.8 Å². The van der Waals surface area contributed by atoms with Gasteiger partial charge in [-0.25, -0.2) is 4.79 Å². The maximum absolute atomic E-state index is 13.1. The summed E-state index contributed by atoms with van der Waals surface area (Å²) in [4.78, 5) is 38.4. The quantitative estimate of drug-likeness (QED) is 0.362. The lowest BCUT2D eigenvalue weighted by Crippen LogP contribution is -2.54. The Morgan fingerprint density at radius 2 is 1.82 bits per heavy atom. The molecule has 0 fully saturated rings. The first-order chi connectivity index (χ1) is 16.4. The van der Waals surface area contributed by atoms with E-state index in [0.29, 0.717) is 18.6 Å². The van der Waals surface area contributed by atoms with Gasteiger partial charge in [0.15, 0.2) is 5.78 Å². The van der Waals surface area contributed by atoms with E-state index >= 15 is 0 Å². The van der Waals surface area contributed by atoms with Crippen molar-refractivity contribution in [2.75, 3.05) is 5.75 Å². The maximum Gasteiger partial charge on any atom is 0.408 e. The van der Waals surface area contributed by atoms with Crippen molar-refractivity contribution in [1.29, 1.82) is 0 Å². The summed E-state index contributed by atoms with van der Waals surface area (Å²) < 4.78 is 10.6. The van der Waals surface area contributed by atoms with Crippen molar-refractivity contribution in [2.24, 2.45) is 5.92 Å². The molecule has 0 aliphatic heterocycles. The molecule has 0 saturated carbocycles. The zero-order chi connectivity index (χ0) is 24.8. The largest absolute Gasteiger partial charge is 0.468 e. The summed E-state index contributed by atoms with van der Waals surface area (Å²) in [6.07, 6.45) is 3.93. The number of benzene rings is 1. The molecule has 0 unspecified atom stereocenters. The van der Waals surface area contributed by atoms with Crippen LogP contribution in [0.3, 0.4) is 0 Å². The third-order valence-corrected chi connectivity index (χ3v) is 6.58. The Bertz CT molecular complexity index is 873. The van der Waals surface area contributed by atoms with E-state index in [1.165, 1.54) is 11.8 Å². The molecule has 1 aromatic heterocycles. The van der Waals surface area contributed by atoms with Gasteiger partial charge < -0.3 is 19.8 Å². The van der Waals surface area contributed by atoms with Crippen LogP contribution in [0.25, 0.3) is 0 Å². The van der Waals surface area contributed by atoms with Gasteiger partial charge in [-0.05, 0) is 30.0 Å². The standard InChI is InChI=1S/C26H36N2O5S/c1-4-6-14-22(23(29)18-34-17-21-13-10-15-32-21)27-25(30)24(19(3)5-2)28-26(31)33-16-20-11-8-7-9-12-20/h7-13,15,19,22,24H,4-6,14,16-18H2,1-3H3,(H,27,30)(H,28,31)/t19-,22-,24-/m0/s1. The van der Waals surface area contributed by atoms with Crippen molar-refractivity contribution in [1.82, 2.24) is 10.6 Å². The number of nitrogens with one attached hydrogen (secondary N) is 2. The Balaban J connectivity index is 1.94. The number of carbonyl (C=O) groups excluding carboxylic acids is 3. The van der Waals surface area contributed by atoms with Gasteiger partial charge in [-0.3, -0.25) is 9.59 Å². The van der Waals surface area contributed by atoms with Crippen molar-refractivity contribution in [3.8, 4) is 0 Å². The first-order valence-corrected chi connectivity index (χ1v) is 13.0. The second-order valence-corrected chi connectivity index (χ2v) is 9.30. The molecular formula is C26H36N2O5S. The SMILES string of the molecule is CCCC[C@H](NC(=O)[C@@H](NC(=O)OCc1ccccc1)[C@@H](C)CC)C(=O)CSCc1ccco1. The molecule has 7 nitrogen and oxygen atoms in total. The molecule has 0 spiro atoms. The highest BCUT2D eigenvalue weighted by atomic mass is 32.2. The monoisotopic (exact) mass is 488 g/mol. The molecular weight excluding hydrogens is 452 g/mol. The molecule has 2 aromatic rings. The number of hydrogen-bond donors (Lipinski definition) is 2. The molecule has 0 aliphatic carbocycles. The van der Waals surface area contributed by atoms with Gasteiger partial charge in [0.2, 0.25) is 5.91 Å². The maximum atomic E-state index is 13.1. The number of ether oxygens (including phenoxy) is 1. The molecule has 1 aromatic carbocycles. The molecule has 0 bridgehead atoms. The molecule has 0 aliphatic rings. The molecule has 0 radical (unpaired) electrons. The number of ketones is 1.